The standard InChI is InChI=1S/C30H42ClO11P/c1-6-21-14-15-27(34)40-29(21)20(3)16-19(2)25(41-43(36,37)42-26(18-38-4)30(35)39-5)17-23(32)12-8-7-10-22-11-9-13-24(33)28(22)31/h7-15,19-21,23,25-26,29,32-33H,6,16-18H2,1-5H3,(H,36,37)/b10-7-,12-8-/t19-,20-,21-,23-,25+,26+,29-/m1/s1. The third-order valence-corrected chi connectivity index (χ3v) is 8.55. The maximum Gasteiger partial charge on any atom is 0.473 e. The van der Waals surface area contributed by atoms with Gasteiger partial charge in [-0.25, -0.2) is 14.2 Å². The number of aromatic hydroxyl groups is 1. The van der Waals surface area contributed by atoms with Gasteiger partial charge in [0, 0.05) is 25.5 Å². The van der Waals surface area contributed by atoms with Crippen LogP contribution in [0.15, 0.2) is 48.6 Å². The van der Waals surface area contributed by atoms with Crippen LogP contribution in [0.25, 0.3) is 6.08 Å². The molecule has 0 aliphatic carbocycles. The topological polar surface area (TPSA) is 158 Å². The van der Waals surface area contributed by atoms with E-state index in [0.29, 0.717) is 12.0 Å². The van der Waals surface area contributed by atoms with E-state index in [4.69, 9.17) is 30.1 Å². The summed E-state index contributed by atoms with van der Waals surface area (Å²) in [5, 5.41) is 20.7. The van der Waals surface area contributed by atoms with Crippen LogP contribution in [0.3, 0.4) is 0 Å². The monoisotopic (exact) mass is 644 g/mol. The van der Waals surface area contributed by atoms with Crippen LogP contribution in [0.2, 0.25) is 5.02 Å². The molecule has 3 N–H and O–H groups in total. The number of esters is 2. The summed E-state index contributed by atoms with van der Waals surface area (Å²) in [7, 11) is -2.47. The molecule has 43 heavy (non-hydrogen) atoms. The Kier molecular flexibility index (Phi) is 15.1. The van der Waals surface area contributed by atoms with Crippen molar-refractivity contribution < 1.29 is 52.5 Å². The molecule has 1 aromatic rings. The molecule has 0 radical (unpaired) electrons. The highest BCUT2D eigenvalue weighted by Gasteiger charge is 2.38. The van der Waals surface area contributed by atoms with E-state index >= 15 is 0 Å². The molecule has 240 valence electrons. The number of cyclic esters (lactones) is 1. The summed E-state index contributed by atoms with van der Waals surface area (Å²) >= 11 is 6.09. The number of aliphatic hydroxyl groups is 1. The summed E-state index contributed by atoms with van der Waals surface area (Å²) in [5.74, 6) is -1.97. The van der Waals surface area contributed by atoms with E-state index in [1.54, 1.807) is 37.3 Å². The third kappa shape index (κ3) is 11.8. The van der Waals surface area contributed by atoms with Crippen LogP contribution in [0.4, 0.5) is 0 Å². The fourth-order valence-corrected chi connectivity index (χ4v) is 6.19. The summed E-state index contributed by atoms with van der Waals surface area (Å²) in [6, 6.07) is 4.82. The van der Waals surface area contributed by atoms with Crippen molar-refractivity contribution in [3.8, 4) is 5.75 Å². The number of hydrogen-bond donors (Lipinski definition) is 3. The number of phosphoric acid groups is 1. The van der Waals surface area contributed by atoms with E-state index in [2.05, 4.69) is 4.74 Å². The molecule has 13 heteroatoms. The Hall–Kier alpha value is -2.50. The van der Waals surface area contributed by atoms with Gasteiger partial charge in [-0.15, -0.1) is 0 Å². The minimum Gasteiger partial charge on any atom is -0.506 e. The number of allylic oxidation sites excluding steroid dienone is 2. The Morgan fingerprint density at radius 1 is 1.19 bits per heavy atom. The molecule has 11 nitrogen and oxygen atoms in total. The van der Waals surface area contributed by atoms with Gasteiger partial charge in [-0.3, -0.25) is 9.05 Å². The lowest BCUT2D eigenvalue weighted by Gasteiger charge is -2.35. The van der Waals surface area contributed by atoms with Gasteiger partial charge in [0.1, 0.15) is 11.9 Å². The zero-order valence-electron chi connectivity index (χ0n) is 25.0. The maximum absolute atomic E-state index is 13.0. The molecule has 2 rings (SSSR count). The molecule has 0 amide bonds. The smallest absolute Gasteiger partial charge is 0.473 e. The van der Waals surface area contributed by atoms with Gasteiger partial charge in [-0.05, 0) is 36.3 Å². The first-order valence-corrected chi connectivity index (χ1v) is 15.8. The van der Waals surface area contributed by atoms with Crippen molar-refractivity contribution in [1.29, 1.82) is 0 Å². The molecule has 0 spiro atoms. The molecule has 0 saturated carbocycles. The lowest BCUT2D eigenvalue weighted by atomic mass is 9.81. The van der Waals surface area contributed by atoms with Crippen LogP contribution in [0, 0.1) is 17.8 Å². The molecule has 0 fully saturated rings. The second-order valence-corrected chi connectivity index (χ2v) is 12.2. The van der Waals surface area contributed by atoms with Gasteiger partial charge in [0.15, 0.2) is 6.10 Å². The van der Waals surface area contributed by atoms with E-state index in [0.717, 1.165) is 13.5 Å². The van der Waals surface area contributed by atoms with Crippen molar-refractivity contribution in [3.05, 3.63) is 59.2 Å². The second kappa shape index (κ2) is 17.7. The summed E-state index contributed by atoms with van der Waals surface area (Å²) in [6.45, 7) is 5.35. The van der Waals surface area contributed by atoms with Crippen LogP contribution in [0.5, 0.6) is 5.75 Å². The molecule has 0 aromatic heterocycles. The zero-order chi connectivity index (χ0) is 32.2. The van der Waals surface area contributed by atoms with Crippen molar-refractivity contribution in [2.75, 3.05) is 20.8 Å². The quantitative estimate of drug-likeness (QED) is 0.116. The van der Waals surface area contributed by atoms with E-state index in [1.807, 2.05) is 19.9 Å². The molecule has 0 bridgehead atoms. The van der Waals surface area contributed by atoms with Gasteiger partial charge in [0.05, 0.1) is 30.9 Å². The fourth-order valence-electron chi connectivity index (χ4n) is 4.85. The minimum atomic E-state index is -4.86. The van der Waals surface area contributed by atoms with Crippen molar-refractivity contribution in [3.63, 3.8) is 0 Å². The maximum atomic E-state index is 13.0. The Balaban J connectivity index is 2.22. The molecule has 1 aromatic carbocycles. The lowest BCUT2D eigenvalue weighted by molar-refractivity contribution is -0.153. The summed E-state index contributed by atoms with van der Waals surface area (Å²) in [6.07, 6.45) is 6.56. The van der Waals surface area contributed by atoms with E-state index in [1.165, 1.54) is 25.3 Å². The molecule has 1 aliphatic rings. The molecular weight excluding hydrogens is 603 g/mol. The molecule has 8 atom stereocenters. The Morgan fingerprint density at radius 3 is 2.56 bits per heavy atom. The van der Waals surface area contributed by atoms with Gasteiger partial charge in [0.25, 0.3) is 0 Å². The van der Waals surface area contributed by atoms with Crippen molar-refractivity contribution in [2.24, 2.45) is 17.8 Å². The highest BCUT2D eigenvalue weighted by Crippen LogP contribution is 2.48. The molecule has 1 aliphatic heterocycles. The Bertz CT molecular complexity index is 1200. The number of aliphatic hydroxyl groups excluding tert-OH is 1. The van der Waals surface area contributed by atoms with E-state index in [9.17, 15) is 29.3 Å². The average molecular weight is 645 g/mol. The average Bonchev–Trinajstić information content (AvgIpc) is 2.96. The first kappa shape index (κ1) is 36.7. The van der Waals surface area contributed by atoms with Crippen LogP contribution in [-0.2, 0) is 37.4 Å². The number of carbonyl (C=O) groups is 2. The SMILES string of the molecule is CC[C@@H]1C=CC(=O)O[C@@H]1[C@H](C)C[C@@H](C)[C@H](C[C@H](O)/C=C\C=C/c1cccc(O)c1Cl)OP(=O)(O)O[C@@H](COC)C(=O)OC. The van der Waals surface area contributed by atoms with Crippen molar-refractivity contribution >= 4 is 37.4 Å². The Labute approximate surface area is 257 Å². The van der Waals surface area contributed by atoms with Gasteiger partial charge in [0.2, 0.25) is 0 Å². The van der Waals surface area contributed by atoms with Crippen LogP contribution in [0.1, 0.15) is 45.6 Å². The molecule has 1 unspecified atom stereocenters. The first-order valence-electron chi connectivity index (χ1n) is 14.0. The largest absolute Gasteiger partial charge is 0.506 e. The molecular formula is C30H42ClO11P. The number of ether oxygens (including phenoxy) is 3. The van der Waals surface area contributed by atoms with Crippen molar-refractivity contribution in [1.82, 2.24) is 0 Å². The highest BCUT2D eigenvalue weighted by atomic mass is 35.5. The molecule has 0 saturated heterocycles. The summed E-state index contributed by atoms with van der Waals surface area (Å²) in [4.78, 5) is 34.6. The van der Waals surface area contributed by atoms with Gasteiger partial charge in [-0.2, -0.15) is 0 Å². The number of carbonyl (C=O) groups excluding carboxylic acids is 2. The lowest BCUT2D eigenvalue weighted by Crippen LogP contribution is -2.37. The number of phosphoric ester groups is 1. The number of halogens is 1. The zero-order valence-corrected chi connectivity index (χ0v) is 26.6. The number of benzene rings is 1. The van der Waals surface area contributed by atoms with Gasteiger partial charge >= 0.3 is 19.8 Å². The number of phenolic OH excluding ortho intramolecular Hbond substituents is 1. The minimum absolute atomic E-state index is 0.0155. The number of hydrogen-bond acceptors (Lipinski definition) is 10. The number of rotatable bonds is 17. The van der Waals surface area contributed by atoms with Crippen LogP contribution < -0.4 is 0 Å². The van der Waals surface area contributed by atoms with Gasteiger partial charge in [-0.1, -0.05) is 74.9 Å². The van der Waals surface area contributed by atoms with Crippen LogP contribution in [-0.4, -0.2) is 72.3 Å². The van der Waals surface area contributed by atoms with E-state index in [-0.39, 0.29) is 35.6 Å². The van der Waals surface area contributed by atoms with E-state index < -0.39 is 50.1 Å². The second-order valence-electron chi connectivity index (χ2n) is 10.4. The number of methoxy groups -OCH3 is 2. The first-order chi connectivity index (χ1) is 20.3. The third-order valence-electron chi connectivity index (χ3n) is 7.08. The highest BCUT2D eigenvalue weighted by molar-refractivity contribution is 7.47. The normalized spacial score (nSPS) is 22.1. The van der Waals surface area contributed by atoms with Crippen molar-refractivity contribution in [2.45, 2.75) is 64.4 Å². The predicted octanol–water partition coefficient (Wildman–Crippen LogP) is 5.23. The number of phenols is 1. The van der Waals surface area contributed by atoms with Crippen LogP contribution >= 0.6 is 19.4 Å². The fraction of sp³-hybridized carbons (Fsp3) is 0.533. The summed E-state index contributed by atoms with van der Waals surface area (Å²) in [5.41, 5.74) is 0.572. The summed E-state index contributed by atoms with van der Waals surface area (Å²) < 4.78 is 38.8. The molecule has 1 heterocycles. The van der Waals surface area contributed by atoms with Gasteiger partial charge < -0.3 is 29.3 Å². The predicted molar refractivity (Wildman–Crippen MR) is 161 cm³/mol. The Morgan fingerprint density at radius 2 is 1.91 bits per heavy atom.